The quantitative estimate of drug-likeness (QED) is 0.296. The maximum Gasteiger partial charge on any atom is 0.319 e. The number of hydrogen-bond donors (Lipinski definition) is 1. The van der Waals surface area contributed by atoms with E-state index < -0.39 is 5.82 Å². The number of nitrogens with one attached hydrogen (secondary N) is 1. The van der Waals surface area contributed by atoms with E-state index in [0.29, 0.717) is 73.5 Å². The molecule has 4 aliphatic heterocycles. The summed E-state index contributed by atoms with van der Waals surface area (Å²) < 4.78 is 44.2. The number of ether oxygens (including phenoxy) is 2. The molecule has 2 aromatic heterocycles. The monoisotopic (exact) mass is 673 g/mol. The highest BCUT2D eigenvalue weighted by molar-refractivity contribution is 6.00. The van der Waals surface area contributed by atoms with E-state index in [-0.39, 0.29) is 46.6 Å². The number of nitrogens with zero attached hydrogens (tertiary/aromatic N) is 6. The molecule has 12 heteroatoms. The molecule has 2 aromatic carbocycles. The lowest BCUT2D eigenvalue weighted by Crippen LogP contribution is -2.55. The van der Waals surface area contributed by atoms with Gasteiger partial charge in [-0.1, -0.05) is 38.1 Å². The van der Waals surface area contributed by atoms with Crippen LogP contribution in [0.2, 0.25) is 0 Å². The van der Waals surface area contributed by atoms with Crippen molar-refractivity contribution in [2.45, 2.75) is 64.1 Å². The molecule has 0 saturated carbocycles. The van der Waals surface area contributed by atoms with Crippen molar-refractivity contribution in [3.05, 3.63) is 53.7 Å². The van der Waals surface area contributed by atoms with Gasteiger partial charge in [0.2, 0.25) is 5.91 Å². The van der Waals surface area contributed by atoms with Crippen LogP contribution < -0.4 is 15.0 Å². The van der Waals surface area contributed by atoms with Gasteiger partial charge >= 0.3 is 6.01 Å². The Labute approximate surface area is 285 Å². The second kappa shape index (κ2) is 13.7. The third-order valence-electron chi connectivity index (χ3n) is 10.5. The summed E-state index contributed by atoms with van der Waals surface area (Å²) in [6.07, 6.45) is 4.75. The van der Waals surface area contributed by atoms with Crippen LogP contribution in [-0.4, -0.2) is 108 Å². The van der Waals surface area contributed by atoms with Crippen molar-refractivity contribution in [3.63, 3.8) is 0 Å². The molecule has 1 amide bonds. The summed E-state index contributed by atoms with van der Waals surface area (Å²) in [5, 5.41) is 5.40. The SMILES string of the molecule is CC.Cc1c(F)ccc2cccc(-c3ncc4c5nc(nc4c3F)OCC34CCCN3CC(C4)OCCC(=O)N(C)CC3CN5CCN3)c12. The van der Waals surface area contributed by atoms with Gasteiger partial charge in [-0.2, -0.15) is 9.97 Å². The molecule has 3 unspecified atom stereocenters. The van der Waals surface area contributed by atoms with E-state index in [1.807, 2.05) is 33.0 Å². The Morgan fingerprint density at radius 1 is 1.06 bits per heavy atom. The standard InChI is InChI=1S/C35H39F2N7O3.C2H6/c1-21-27(36)8-7-22-5-3-6-25(29(21)22)31-30(37)32-26(16-39-31)33-41-34(40-32)47-20-35-10-4-12-44(35)19-24(15-35)46-14-9-28(45)42(2)17-23-18-43(33)13-11-38-23;1-2/h3,5-8,16,23-24,38H,4,9-15,17-20H2,1-2H3;1-2H3. The minimum atomic E-state index is -0.606. The fourth-order valence-electron chi connectivity index (χ4n) is 8.10. The number of carbonyl (C=O) groups excluding carboxylic acids is 1. The van der Waals surface area contributed by atoms with Crippen LogP contribution in [0.5, 0.6) is 6.01 Å². The van der Waals surface area contributed by atoms with Gasteiger partial charge < -0.3 is 24.6 Å². The Morgan fingerprint density at radius 2 is 1.92 bits per heavy atom. The van der Waals surface area contributed by atoms with Crippen molar-refractivity contribution in [3.8, 4) is 17.3 Å². The Balaban J connectivity index is 0.00000186. The van der Waals surface area contributed by atoms with Crippen molar-refractivity contribution in [2.75, 3.05) is 64.4 Å². The van der Waals surface area contributed by atoms with Crippen LogP contribution in [0.4, 0.5) is 14.6 Å². The molecule has 3 fully saturated rings. The summed E-state index contributed by atoms with van der Waals surface area (Å²) in [4.78, 5) is 33.5. The number of fused-ring (bicyclic) bond motifs is 9. The van der Waals surface area contributed by atoms with Crippen molar-refractivity contribution in [1.29, 1.82) is 0 Å². The van der Waals surface area contributed by atoms with Crippen LogP contribution in [-0.2, 0) is 9.53 Å². The predicted molar refractivity (Wildman–Crippen MR) is 186 cm³/mol. The van der Waals surface area contributed by atoms with Crippen LogP contribution in [0.25, 0.3) is 32.9 Å². The number of amides is 1. The highest BCUT2D eigenvalue weighted by Crippen LogP contribution is 2.41. The van der Waals surface area contributed by atoms with Crippen molar-refractivity contribution < 1.29 is 23.0 Å². The zero-order chi connectivity index (χ0) is 34.3. The van der Waals surface area contributed by atoms with Gasteiger partial charge in [-0.15, -0.1) is 0 Å². The normalized spacial score (nSPS) is 24.7. The third kappa shape index (κ3) is 6.19. The number of halogens is 2. The highest BCUT2D eigenvalue weighted by Gasteiger charge is 2.49. The van der Waals surface area contributed by atoms with Crippen LogP contribution in [0.15, 0.2) is 36.5 Å². The molecule has 49 heavy (non-hydrogen) atoms. The van der Waals surface area contributed by atoms with E-state index in [0.717, 1.165) is 37.7 Å². The van der Waals surface area contributed by atoms with E-state index in [1.165, 1.54) is 6.07 Å². The largest absolute Gasteiger partial charge is 0.461 e. The smallest absolute Gasteiger partial charge is 0.319 e. The Morgan fingerprint density at radius 3 is 2.78 bits per heavy atom. The van der Waals surface area contributed by atoms with Gasteiger partial charge in [-0.3, -0.25) is 14.7 Å². The number of pyridine rings is 1. The Kier molecular flexibility index (Phi) is 9.38. The number of hydrogen-bond acceptors (Lipinski definition) is 9. The van der Waals surface area contributed by atoms with Gasteiger partial charge in [0, 0.05) is 57.6 Å². The molecule has 1 N–H and O–H groups in total. The second-order valence-electron chi connectivity index (χ2n) is 13.5. The van der Waals surface area contributed by atoms with E-state index in [1.54, 1.807) is 30.2 Å². The number of rotatable bonds is 1. The summed E-state index contributed by atoms with van der Waals surface area (Å²) in [7, 11) is 1.82. The van der Waals surface area contributed by atoms with Crippen LogP contribution in [0, 0.1) is 18.6 Å². The molecule has 3 saturated heterocycles. The molecule has 4 aliphatic rings. The molecule has 1 spiro atoms. The lowest BCUT2D eigenvalue weighted by Gasteiger charge is -2.36. The van der Waals surface area contributed by atoms with E-state index in [9.17, 15) is 9.18 Å². The number of anilines is 1. The first kappa shape index (κ1) is 33.5. The summed E-state index contributed by atoms with van der Waals surface area (Å²) >= 11 is 0. The molecule has 6 heterocycles. The Hall–Kier alpha value is -4.00. The van der Waals surface area contributed by atoms with Gasteiger partial charge in [0.05, 0.1) is 30.1 Å². The number of benzene rings is 2. The van der Waals surface area contributed by atoms with Crippen LogP contribution in [0.1, 0.15) is 45.1 Å². The minimum Gasteiger partial charge on any atom is -0.461 e. The first-order valence-electron chi connectivity index (χ1n) is 17.6. The van der Waals surface area contributed by atoms with Gasteiger partial charge in [0.15, 0.2) is 5.82 Å². The lowest BCUT2D eigenvalue weighted by atomic mass is 9.94. The van der Waals surface area contributed by atoms with Gasteiger partial charge in [0.1, 0.15) is 29.5 Å². The number of aromatic nitrogens is 3. The maximum absolute atomic E-state index is 16.8. The van der Waals surface area contributed by atoms with E-state index >= 15 is 4.39 Å². The predicted octanol–water partition coefficient (Wildman–Crippen LogP) is 5.10. The van der Waals surface area contributed by atoms with Crippen molar-refractivity contribution in [2.24, 2.45) is 0 Å². The zero-order valence-corrected chi connectivity index (χ0v) is 28.8. The topological polar surface area (TPSA) is 95.9 Å². The van der Waals surface area contributed by atoms with Crippen molar-refractivity contribution in [1.82, 2.24) is 30.1 Å². The highest BCUT2D eigenvalue weighted by atomic mass is 19.1. The van der Waals surface area contributed by atoms with Crippen molar-refractivity contribution >= 4 is 33.4 Å². The van der Waals surface area contributed by atoms with Gasteiger partial charge in [-0.25, -0.2) is 8.78 Å². The number of piperazine rings is 1. The minimum absolute atomic E-state index is 0.00725. The number of aryl methyl sites for hydroxylation is 1. The molecule has 6 bridgehead atoms. The van der Waals surface area contributed by atoms with E-state index in [2.05, 4.69) is 25.1 Å². The molecular formula is C37H45F2N7O3. The Bertz CT molecular complexity index is 1880. The molecular weight excluding hydrogens is 628 g/mol. The third-order valence-corrected chi connectivity index (χ3v) is 10.5. The molecule has 3 atom stereocenters. The second-order valence-corrected chi connectivity index (χ2v) is 13.5. The maximum atomic E-state index is 16.8. The van der Waals surface area contributed by atoms with Crippen LogP contribution in [0.3, 0.4) is 0 Å². The van der Waals surface area contributed by atoms with Gasteiger partial charge in [-0.05, 0) is 55.1 Å². The van der Waals surface area contributed by atoms with Gasteiger partial charge in [0.25, 0.3) is 0 Å². The average Bonchev–Trinajstić information content (AvgIpc) is 3.66. The molecule has 0 aliphatic carbocycles. The molecule has 4 aromatic rings. The molecule has 260 valence electrons. The lowest BCUT2D eigenvalue weighted by molar-refractivity contribution is -0.131. The summed E-state index contributed by atoms with van der Waals surface area (Å²) in [5.74, 6) is -0.379. The number of carbonyl (C=O) groups is 1. The number of likely N-dealkylation sites (N-methyl/N-ethyl adjacent to an activating group) is 1. The first-order valence-corrected chi connectivity index (χ1v) is 17.6. The average molecular weight is 674 g/mol. The fraction of sp³-hybridized carbons (Fsp3) is 0.514. The summed E-state index contributed by atoms with van der Waals surface area (Å²) in [6.45, 7) is 10.5. The summed E-state index contributed by atoms with van der Waals surface area (Å²) in [6, 6.07) is 8.68. The van der Waals surface area contributed by atoms with Crippen LogP contribution >= 0.6 is 0 Å². The summed E-state index contributed by atoms with van der Waals surface area (Å²) in [5.41, 5.74) is 0.907. The molecule has 10 nitrogen and oxygen atoms in total. The first-order chi connectivity index (χ1) is 23.8. The molecule has 8 rings (SSSR count). The zero-order valence-electron chi connectivity index (χ0n) is 28.8. The fourth-order valence-corrected chi connectivity index (χ4v) is 8.10. The molecule has 0 radical (unpaired) electrons. The van der Waals surface area contributed by atoms with E-state index in [4.69, 9.17) is 14.5 Å².